The monoisotopic (exact) mass is 447 g/mol. The summed E-state index contributed by atoms with van der Waals surface area (Å²) in [6.07, 6.45) is 0.711. The Morgan fingerprint density at radius 3 is 2.13 bits per heavy atom. The molecule has 3 rings (SSSR count). The van der Waals surface area contributed by atoms with Gasteiger partial charge in [-0.2, -0.15) is 17.5 Å². The Hall–Kier alpha value is -1.16. The molecule has 1 saturated carbocycles. The molecule has 0 spiro atoms. The van der Waals surface area contributed by atoms with Gasteiger partial charge in [0, 0.05) is 25.2 Å². The first-order chi connectivity index (χ1) is 14.0. The van der Waals surface area contributed by atoms with Crippen molar-refractivity contribution in [1.82, 2.24) is 14.1 Å². The third kappa shape index (κ3) is 4.84. The molecule has 2 atom stereocenters. The summed E-state index contributed by atoms with van der Waals surface area (Å²) in [5.41, 5.74) is -1.10. The highest BCUT2D eigenvalue weighted by molar-refractivity contribution is 7.89. The Kier molecular flexibility index (Phi) is 7.16. The Morgan fingerprint density at radius 2 is 1.53 bits per heavy atom. The molecule has 1 saturated heterocycles. The number of halogens is 3. The van der Waals surface area contributed by atoms with Gasteiger partial charge in [-0.3, -0.25) is 4.90 Å². The van der Waals surface area contributed by atoms with Gasteiger partial charge < -0.3 is 4.90 Å². The average molecular weight is 448 g/mol. The third-order valence-corrected chi connectivity index (χ3v) is 8.74. The Bertz CT molecular complexity index is 823. The van der Waals surface area contributed by atoms with Crippen LogP contribution in [0.15, 0.2) is 29.2 Å². The minimum Gasteiger partial charge on any atom is -0.306 e. The normalized spacial score (nSPS) is 25.2. The lowest BCUT2D eigenvalue weighted by molar-refractivity contribution is -0.139. The number of rotatable bonds is 5. The van der Waals surface area contributed by atoms with E-state index in [4.69, 9.17) is 0 Å². The lowest BCUT2D eigenvalue weighted by Gasteiger charge is -2.46. The second-order valence-corrected chi connectivity index (χ2v) is 10.6. The maximum atomic E-state index is 13.5. The van der Waals surface area contributed by atoms with Crippen molar-refractivity contribution in [2.45, 2.75) is 67.7 Å². The largest absolute Gasteiger partial charge is 0.417 e. The summed E-state index contributed by atoms with van der Waals surface area (Å²) in [5.74, 6) is 0. The Morgan fingerprint density at radius 1 is 0.967 bits per heavy atom. The number of hydrogen-bond donors (Lipinski definition) is 0. The third-order valence-electron chi connectivity index (χ3n) is 6.80. The SMILES string of the molecule is CN1CCC(N(C)C2CCCCC2N(C)S(=O)(=O)c2ccccc2C(F)(F)F)CC1. The molecule has 0 bridgehead atoms. The van der Waals surface area contributed by atoms with Crippen LogP contribution in [-0.2, 0) is 16.2 Å². The first-order valence-corrected chi connectivity index (χ1v) is 12.0. The zero-order valence-corrected chi connectivity index (χ0v) is 18.7. The fourth-order valence-corrected chi connectivity index (χ4v) is 6.55. The molecule has 0 N–H and O–H groups in total. The quantitative estimate of drug-likeness (QED) is 0.691. The molecule has 5 nitrogen and oxygen atoms in total. The summed E-state index contributed by atoms with van der Waals surface area (Å²) in [4.78, 5) is 3.91. The van der Waals surface area contributed by atoms with Gasteiger partial charge in [-0.1, -0.05) is 25.0 Å². The standard InChI is InChI=1S/C21H32F3N3O2S/c1-25-14-12-16(13-15-25)26(2)18-9-5-6-10-19(18)27(3)30(28,29)20-11-7-4-8-17(20)21(22,23)24/h4,7-8,11,16,18-19H,5-6,9-10,12-15H2,1-3H3. The van der Waals surface area contributed by atoms with Crippen LogP contribution in [0.2, 0.25) is 0 Å². The molecule has 1 aromatic carbocycles. The van der Waals surface area contributed by atoms with Crippen LogP contribution in [-0.4, -0.2) is 74.9 Å². The number of hydrogen-bond acceptors (Lipinski definition) is 4. The second-order valence-electron chi connectivity index (χ2n) is 8.63. The first kappa shape index (κ1) is 23.5. The van der Waals surface area contributed by atoms with E-state index in [9.17, 15) is 21.6 Å². The Balaban J connectivity index is 1.87. The minimum atomic E-state index is -4.72. The molecule has 1 heterocycles. The van der Waals surface area contributed by atoms with Crippen molar-refractivity contribution in [3.05, 3.63) is 29.8 Å². The summed E-state index contributed by atoms with van der Waals surface area (Å²) in [6, 6.07) is 4.50. The van der Waals surface area contributed by atoms with E-state index in [0.717, 1.165) is 57.3 Å². The molecule has 30 heavy (non-hydrogen) atoms. The van der Waals surface area contributed by atoms with Gasteiger partial charge in [0.1, 0.15) is 0 Å². The number of alkyl halides is 3. The van der Waals surface area contributed by atoms with Gasteiger partial charge in [0.25, 0.3) is 0 Å². The van der Waals surface area contributed by atoms with Crippen molar-refractivity contribution in [3.63, 3.8) is 0 Å². The number of nitrogens with zero attached hydrogens (tertiary/aromatic N) is 3. The summed E-state index contributed by atoms with van der Waals surface area (Å²) in [7, 11) is 1.30. The summed E-state index contributed by atoms with van der Waals surface area (Å²) in [6.45, 7) is 2.00. The lowest BCUT2D eigenvalue weighted by Crippen LogP contribution is -2.56. The molecule has 1 aromatic rings. The van der Waals surface area contributed by atoms with Crippen molar-refractivity contribution in [2.24, 2.45) is 0 Å². The first-order valence-electron chi connectivity index (χ1n) is 10.6. The van der Waals surface area contributed by atoms with E-state index in [1.165, 1.54) is 23.5 Å². The average Bonchev–Trinajstić information content (AvgIpc) is 2.72. The summed E-state index contributed by atoms with van der Waals surface area (Å²) < 4.78 is 68.2. The zero-order valence-electron chi connectivity index (χ0n) is 17.9. The molecule has 170 valence electrons. The molecule has 2 fully saturated rings. The van der Waals surface area contributed by atoms with Crippen LogP contribution in [0.1, 0.15) is 44.1 Å². The van der Waals surface area contributed by atoms with Crippen LogP contribution in [0.3, 0.4) is 0 Å². The number of likely N-dealkylation sites (tertiary alicyclic amines) is 1. The van der Waals surface area contributed by atoms with Gasteiger partial charge in [-0.05, 0) is 65.0 Å². The molecular weight excluding hydrogens is 415 g/mol. The molecular formula is C21H32F3N3O2S. The molecule has 2 aliphatic rings. The highest BCUT2D eigenvalue weighted by Gasteiger charge is 2.42. The minimum absolute atomic E-state index is 0.00461. The highest BCUT2D eigenvalue weighted by Crippen LogP contribution is 2.37. The molecule has 0 radical (unpaired) electrons. The van der Waals surface area contributed by atoms with E-state index < -0.39 is 26.7 Å². The van der Waals surface area contributed by atoms with Crippen LogP contribution < -0.4 is 0 Å². The lowest BCUT2D eigenvalue weighted by atomic mass is 9.87. The molecule has 1 aliphatic heterocycles. The Labute approximate surface area is 177 Å². The van der Waals surface area contributed by atoms with E-state index in [1.54, 1.807) is 0 Å². The molecule has 9 heteroatoms. The van der Waals surface area contributed by atoms with Gasteiger partial charge >= 0.3 is 6.18 Å². The summed E-state index contributed by atoms with van der Waals surface area (Å²) >= 11 is 0. The fourth-order valence-electron chi connectivity index (χ4n) is 4.92. The molecule has 2 unspecified atom stereocenters. The van der Waals surface area contributed by atoms with Crippen LogP contribution in [0.25, 0.3) is 0 Å². The van der Waals surface area contributed by atoms with Crippen molar-refractivity contribution < 1.29 is 21.6 Å². The fraction of sp³-hybridized carbons (Fsp3) is 0.714. The number of sulfonamides is 1. The maximum absolute atomic E-state index is 13.5. The van der Waals surface area contributed by atoms with Gasteiger partial charge in [-0.15, -0.1) is 0 Å². The topological polar surface area (TPSA) is 43.9 Å². The van der Waals surface area contributed by atoms with Crippen LogP contribution in [0.5, 0.6) is 0 Å². The smallest absolute Gasteiger partial charge is 0.306 e. The number of benzene rings is 1. The summed E-state index contributed by atoms with van der Waals surface area (Å²) in [5, 5.41) is 0. The second kappa shape index (κ2) is 9.14. The highest BCUT2D eigenvalue weighted by atomic mass is 32.2. The van der Waals surface area contributed by atoms with E-state index in [2.05, 4.69) is 16.8 Å². The van der Waals surface area contributed by atoms with Crippen molar-refractivity contribution >= 4 is 10.0 Å². The molecule has 0 aromatic heterocycles. The maximum Gasteiger partial charge on any atom is 0.417 e. The van der Waals surface area contributed by atoms with Gasteiger partial charge in [0.2, 0.25) is 10.0 Å². The molecule has 1 aliphatic carbocycles. The van der Waals surface area contributed by atoms with E-state index in [1.807, 2.05) is 7.05 Å². The van der Waals surface area contributed by atoms with E-state index in [-0.39, 0.29) is 12.1 Å². The molecule has 0 amide bonds. The van der Waals surface area contributed by atoms with Crippen LogP contribution >= 0.6 is 0 Å². The predicted octanol–water partition coefficient (Wildman–Crippen LogP) is 3.66. The zero-order chi connectivity index (χ0) is 22.1. The van der Waals surface area contributed by atoms with Gasteiger partial charge in [-0.25, -0.2) is 8.42 Å². The van der Waals surface area contributed by atoms with E-state index >= 15 is 0 Å². The number of piperidine rings is 1. The predicted molar refractivity (Wildman–Crippen MR) is 111 cm³/mol. The van der Waals surface area contributed by atoms with Gasteiger partial charge in [0.05, 0.1) is 10.5 Å². The number of likely N-dealkylation sites (N-methyl/N-ethyl adjacent to an activating group) is 2. The van der Waals surface area contributed by atoms with Crippen molar-refractivity contribution in [2.75, 3.05) is 34.2 Å². The van der Waals surface area contributed by atoms with E-state index in [0.29, 0.717) is 12.5 Å². The van der Waals surface area contributed by atoms with Crippen LogP contribution in [0.4, 0.5) is 13.2 Å². The van der Waals surface area contributed by atoms with Crippen LogP contribution in [0, 0.1) is 0 Å². The van der Waals surface area contributed by atoms with Gasteiger partial charge in [0.15, 0.2) is 0 Å². The van der Waals surface area contributed by atoms with Crippen molar-refractivity contribution in [3.8, 4) is 0 Å². The van der Waals surface area contributed by atoms with Crippen molar-refractivity contribution in [1.29, 1.82) is 0 Å².